The maximum Gasteiger partial charge on any atom is 0.218 e. The molecule has 0 N–H and O–H groups in total. The fourth-order valence-corrected chi connectivity index (χ4v) is 3.71. The van der Waals surface area contributed by atoms with E-state index in [0.717, 1.165) is 31.7 Å². The summed E-state index contributed by atoms with van der Waals surface area (Å²) in [5.41, 5.74) is 2.77. The van der Waals surface area contributed by atoms with Crippen LogP contribution in [0.15, 0.2) is 18.7 Å². The smallest absolute Gasteiger partial charge is 0.218 e. The molecule has 0 spiro atoms. The van der Waals surface area contributed by atoms with E-state index in [1.54, 1.807) is 6.33 Å². The molecular formula is C17H23N5O. The highest BCUT2D eigenvalue weighted by Crippen LogP contribution is 2.30. The molecule has 2 aliphatic rings. The van der Waals surface area contributed by atoms with E-state index in [1.807, 2.05) is 13.0 Å². The minimum absolute atomic E-state index is 0.495. The number of ether oxygens (including phenoxy) is 1. The van der Waals surface area contributed by atoms with Crippen LogP contribution in [-0.4, -0.2) is 39.2 Å². The average Bonchev–Trinajstić information content (AvgIpc) is 3.22. The van der Waals surface area contributed by atoms with Crippen LogP contribution < -0.4 is 9.64 Å². The standard InChI is InChI=1S/C17H23N5O/c1-2-23-17-9-16(18-11-19-17)21-8-7-13(10-21)22-12-20-14-5-3-4-6-15(14)22/h9,11-13H,2-8,10H2,1H3. The van der Waals surface area contributed by atoms with E-state index in [4.69, 9.17) is 4.74 Å². The van der Waals surface area contributed by atoms with Gasteiger partial charge in [-0.15, -0.1) is 0 Å². The summed E-state index contributed by atoms with van der Waals surface area (Å²) >= 11 is 0. The number of nitrogens with zero attached hydrogens (tertiary/aromatic N) is 5. The van der Waals surface area contributed by atoms with Crippen LogP contribution in [0, 0.1) is 0 Å². The summed E-state index contributed by atoms with van der Waals surface area (Å²) < 4.78 is 7.90. The van der Waals surface area contributed by atoms with Crippen molar-refractivity contribution in [2.24, 2.45) is 0 Å². The number of hydrogen-bond donors (Lipinski definition) is 0. The van der Waals surface area contributed by atoms with Crippen LogP contribution in [0.5, 0.6) is 5.88 Å². The third-order valence-corrected chi connectivity index (χ3v) is 4.86. The Bertz CT molecular complexity index is 683. The molecule has 6 heteroatoms. The van der Waals surface area contributed by atoms with Crippen LogP contribution in [0.4, 0.5) is 5.82 Å². The van der Waals surface area contributed by atoms with Crippen LogP contribution in [0.3, 0.4) is 0 Å². The van der Waals surface area contributed by atoms with E-state index in [2.05, 4.69) is 30.7 Å². The van der Waals surface area contributed by atoms with Crippen molar-refractivity contribution in [2.75, 3.05) is 24.6 Å². The summed E-state index contributed by atoms with van der Waals surface area (Å²) in [6.45, 7) is 4.59. The topological polar surface area (TPSA) is 56.1 Å². The van der Waals surface area contributed by atoms with E-state index in [-0.39, 0.29) is 0 Å². The number of fused-ring (bicyclic) bond motifs is 1. The van der Waals surface area contributed by atoms with Crippen molar-refractivity contribution in [3.63, 3.8) is 0 Å². The lowest BCUT2D eigenvalue weighted by Crippen LogP contribution is -2.22. The second kappa shape index (κ2) is 6.18. The van der Waals surface area contributed by atoms with Crippen molar-refractivity contribution in [1.29, 1.82) is 0 Å². The zero-order valence-corrected chi connectivity index (χ0v) is 13.6. The summed E-state index contributed by atoms with van der Waals surface area (Å²) in [6, 6.07) is 2.43. The summed E-state index contributed by atoms with van der Waals surface area (Å²) in [5, 5.41) is 0. The van der Waals surface area contributed by atoms with E-state index in [0.29, 0.717) is 18.5 Å². The number of imidazole rings is 1. The third-order valence-electron chi connectivity index (χ3n) is 4.86. The molecule has 1 aliphatic heterocycles. The zero-order chi connectivity index (χ0) is 15.6. The Morgan fingerprint density at radius 2 is 2.13 bits per heavy atom. The van der Waals surface area contributed by atoms with Crippen molar-refractivity contribution >= 4 is 5.82 Å². The van der Waals surface area contributed by atoms with Gasteiger partial charge in [0.1, 0.15) is 12.1 Å². The Kier molecular flexibility index (Phi) is 3.89. The van der Waals surface area contributed by atoms with Crippen LogP contribution in [-0.2, 0) is 12.8 Å². The first kappa shape index (κ1) is 14.5. The van der Waals surface area contributed by atoms with Gasteiger partial charge >= 0.3 is 0 Å². The van der Waals surface area contributed by atoms with E-state index >= 15 is 0 Å². The molecule has 1 saturated heterocycles. The van der Waals surface area contributed by atoms with Gasteiger partial charge in [-0.1, -0.05) is 0 Å². The summed E-state index contributed by atoms with van der Waals surface area (Å²) in [6.07, 6.45) is 9.66. The fraction of sp³-hybridized carbons (Fsp3) is 0.588. The lowest BCUT2D eigenvalue weighted by Gasteiger charge is -2.20. The number of aromatic nitrogens is 4. The predicted octanol–water partition coefficient (Wildman–Crippen LogP) is 2.40. The van der Waals surface area contributed by atoms with Crippen LogP contribution in [0.2, 0.25) is 0 Å². The Balaban J connectivity index is 1.51. The first-order valence-corrected chi connectivity index (χ1v) is 8.59. The SMILES string of the molecule is CCOc1cc(N2CCC(n3cnc4c3CCCC4)C2)ncn1. The molecule has 0 radical (unpaired) electrons. The average molecular weight is 313 g/mol. The largest absolute Gasteiger partial charge is 0.478 e. The van der Waals surface area contributed by atoms with Gasteiger partial charge in [0.25, 0.3) is 0 Å². The molecule has 1 unspecified atom stereocenters. The second-order valence-electron chi connectivity index (χ2n) is 6.29. The molecule has 4 rings (SSSR count). The first-order valence-electron chi connectivity index (χ1n) is 8.59. The molecule has 2 aromatic rings. The summed E-state index contributed by atoms with van der Waals surface area (Å²) in [5.74, 6) is 1.61. The highest BCUT2D eigenvalue weighted by Gasteiger charge is 2.28. The van der Waals surface area contributed by atoms with Gasteiger partial charge in [0.05, 0.1) is 24.7 Å². The van der Waals surface area contributed by atoms with Gasteiger partial charge in [-0.25, -0.2) is 15.0 Å². The second-order valence-corrected chi connectivity index (χ2v) is 6.29. The van der Waals surface area contributed by atoms with E-state index < -0.39 is 0 Å². The minimum atomic E-state index is 0.495. The zero-order valence-electron chi connectivity index (χ0n) is 13.6. The molecule has 0 aromatic carbocycles. The predicted molar refractivity (Wildman–Crippen MR) is 87.9 cm³/mol. The van der Waals surface area contributed by atoms with Crippen molar-refractivity contribution in [1.82, 2.24) is 19.5 Å². The van der Waals surface area contributed by atoms with Crippen molar-refractivity contribution in [3.05, 3.63) is 30.1 Å². The van der Waals surface area contributed by atoms with Gasteiger partial charge in [0, 0.05) is 24.8 Å². The summed E-state index contributed by atoms with van der Waals surface area (Å²) in [4.78, 5) is 15.5. The first-order chi connectivity index (χ1) is 11.3. The molecule has 6 nitrogen and oxygen atoms in total. The molecule has 0 saturated carbocycles. The molecule has 1 aliphatic carbocycles. The van der Waals surface area contributed by atoms with Crippen molar-refractivity contribution in [2.45, 2.75) is 45.1 Å². The van der Waals surface area contributed by atoms with Crippen LogP contribution in [0.1, 0.15) is 43.6 Å². The Hall–Kier alpha value is -2.11. The lowest BCUT2D eigenvalue weighted by atomic mass is 10.0. The normalized spacial score (nSPS) is 20.6. The highest BCUT2D eigenvalue weighted by molar-refractivity contribution is 5.42. The molecule has 0 bridgehead atoms. The molecule has 3 heterocycles. The maximum absolute atomic E-state index is 5.49. The maximum atomic E-state index is 5.49. The number of hydrogen-bond acceptors (Lipinski definition) is 5. The molecular weight excluding hydrogens is 290 g/mol. The third kappa shape index (κ3) is 2.78. The molecule has 0 amide bonds. The molecule has 122 valence electrons. The molecule has 1 atom stereocenters. The molecule has 2 aromatic heterocycles. The van der Waals surface area contributed by atoms with E-state index in [1.165, 1.54) is 30.7 Å². The van der Waals surface area contributed by atoms with Gasteiger partial charge < -0.3 is 14.2 Å². The summed E-state index contributed by atoms with van der Waals surface area (Å²) in [7, 11) is 0. The van der Waals surface area contributed by atoms with Crippen molar-refractivity contribution in [3.8, 4) is 5.88 Å². The minimum Gasteiger partial charge on any atom is -0.478 e. The lowest BCUT2D eigenvalue weighted by molar-refractivity contribution is 0.326. The fourth-order valence-electron chi connectivity index (χ4n) is 3.71. The van der Waals surface area contributed by atoms with Gasteiger partial charge in [-0.3, -0.25) is 0 Å². The Morgan fingerprint density at radius 1 is 1.22 bits per heavy atom. The van der Waals surface area contributed by atoms with Gasteiger partial charge in [-0.2, -0.15) is 0 Å². The molecule has 1 fully saturated rings. The van der Waals surface area contributed by atoms with Crippen LogP contribution >= 0.6 is 0 Å². The van der Waals surface area contributed by atoms with Gasteiger partial charge in [0.15, 0.2) is 0 Å². The van der Waals surface area contributed by atoms with E-state index in [9.17, 15) is 0 Å². The van der Waals surface area contributed by atoms with Gasteiger partial charge in [-0.05, 0) is 39.0 Å². The molecule has 23 heavy (non-hydrogen) atoms. The number of anilines is 1. The van der Waals surface area contributed by atoms with Crippen LogP contribution in [0.25, 0.3) is 0 Å². The number of aryl methyl sites for hydroxylation is 1. The highest BCUT2D eigenvalue weighted by atomic mass is 16.5. The van der Waals surface area contributed by atoms with Crippen molar-refractivity contribution < 1.29 is 4.74 Å². The Morgan fingerprint density at radius 3 is 3.04 bits per heavy atom. The monoisotopic (exact) mass is 313 g/mol. The number of rotatable bonds is 4. The quantitative estimate of drug-likeness (QED) is 0.867. The van der Waals surface area contributed by atoms with Gasteiger partial charge in [0.2, 0.25) is 5.88 Å². The Labute approximate surface area is 136 Å².